The Morgan fingerprint density at radius 3 is 2.82 bits per heavy atom. The van der Waals surface area contributed by atoms with Crippen molar-refractivity contribution in [2.24, 2.45) is 0 Å². The fourth-order valence-corrected chi connectivity index (χ4v) is 2.21. The number of aliphatic hydroxyl groups is 1. The number of morpholine rings is 1. The van der Waals surface area contributed by atoms with Gasteiger partial charge in [0.1, 0.15) is 12.2 Å². The highest BCUT2D eigenvalue weighted by atomic mass is 35.5. The van der Waals surface area contributed by atoms with E-state index in [1.54, 1.807) is 12.1 Å². The van der Waals surface area contributed by atoms with E-state index < -0.39 is 6.10 Å². The molecular weight excluding hydrogens is 238 g/mol. The van der Waals surface area contributed by atoms with Crippen molar-refractivity contribution in [3.05, 3.63) is 34.9 Å². The van der Waals surface area contributed by atoms with E-state index >= 15 is 0 Å². The second-order valence-electron chi connectivity index (χ2n) is 4.30. The zero-order chi connectivity index (χ0) is 12.3. The highest BCUT2D eigenvalue weighted by molar-refractivity contribution is 6.30. The Bertz CT molecular complexity index is 355. The first-order chi connectivity index (χ1) is 8.20. The van der Waals surface area contributed by atoms with Crippen LogP contribution in [-0.2, 0) is 4.74 Å². The van der Waals surface area contributed by atoms with E-state index in [2.05, 4.69) is 11.8 Å². The van der Waals surface area contributed by atoms with Crippen LogP contribution in [-0.4, -0.2) is 42.4 Å². The molecule has 17 heavy (non-hydrogen) atoms. The van der Waals surface area contributed by atoms with Gasteiger partial charge < -0.3 is 9.84 Å². The molecule has 4 heteroatoms. The molecule has 2 atom stereocenters. The largest absolute Gasteiger partial charge is 0.386 e. The number of aliphatic hydroxyl groups excluding tert-OH is 1. The molecule has 94 valence electrons. The minimum absolute atomic E-state index is 0.148. The maximum absolute atomic E-state index is 10.3. The fraction of sp³-hybridized carbons (Fsp3) is 0.538. The van der Waals surface area contributed by atoms with E-state index in [9.17, 15) is 5.11 Å². The number of nitrogens with zero attached hydrogens (tertiary/aromatic N) is 1. The number of likely N-dealkylation sites (N-methyl/N-ethyl adjacent to an activating group) is 1. The molecule has 2 rings (SSSR count). The van der Waals surface area contributed by atoms with Gasteiger partial charge in [-0.25, -0.2) is 0 Å². The van der Waals surface area contributed by atoms with Crippen LogP contribution in [0.1, 0.15) is 18.6 Å². The average Bonchev–Trinajstić information content (AvgIpc) is 2.39. The molecule has 3 nitrogen and oxygen atoms in total. The summed E-state index contributed by atoms with van der Waals surface area (Å²) in [5, 5.41) is 10.9. The van der Waals surface area contributed by atoms with Gasteiger partial charge in [0.15, 0.2) is 0 Å². The van der Waals surface area contributed by atoms with Gasteiger partial charge in [-0.15, -0.1) is 0 Å². The van der Waals surface area contributed by atoms with Gasteiger partial charge in [-0.3, -0.25) is 4.90 Å². The Kier molecular flexibility index (Phi) is 4.40. The lowest BCUT2D eigenvalue weighted by Crippen LogP contribution is -2.44. The number of ether oxygens (including phenoxy) is 1. The molecule has 0 amide bonds. The van der Waals surface area contributed by atoms with Crippen LogP contribution in [0.3, 0.4) is 0 Å². The molecule has 1 saturated heterocycles. The van der Waals surface area contributed by atoms with Gasteiger partial charge in [0.2, 0.25) is 0 Å². The lowest BCUT2D eigenvalue weighted by Gasteiger charge is -2.34. The Labute approximate surface area is 107 Å². The van der Waals surface area contributed by atoms with Crippen molar-refractivity contribution in [1.82, 2.24) is 4.90 Å². The molecule has 1 heterocycles. The van der Waals surface area contributed by atoms with E-state index in [0.29, 0.717) is 11.6 Å². The molecule has 1 aliphatic heterocycles. The van der Waals surface area contributed by atoms with Crippen LogP contribution in [0.5, 0.6) is 0 Å². The van der Waals surface area contributed by atoms with Crippen molar-refractivity contribution < 1.29 is 9.84 Å². The van der Waals surface area contributed by atoms with Crippen molar-refractivity contribution in [3.8, 4) is 0 Å². The second-order valence-corrected chi connectivity index (χ2v) is 4.74. The molecule has 2 unspecified atom stereocenters. The molecule has 0 spiro atoms. The van der Waals surface area contributed by atoms with Crippen molar-refractivity contribution in [1.29, 1.82) is 0 Å². The standard InChI is InChI=1S/C13H18ClNO2/c1-2-15-7-8-17-12(9-15)13(16)10-3-5-11(14)6-4-10/h3-6,12-13,16H,2,7-9H2,1H3. The van der Waals surface area contributed by atoms with E-state index in [-0.39, 0.29) is 6.10 Å². The first-order valence-electron chi connectivity index (χ1n) is 5.98. The van der Waals surface area contributed by atoms with Crippen molar-refractivity contribution >= 4 is 11.6 Å². The van der Waals surface area contributed by atoms with Gasteiger partial charge in [0.25, 0.3) is 0 Å². The van der Waals surface area contributed by atoms with Crippen LogP contribution < -0.4 is 0 Å². The predicted molar refractivity (Wildman–Crippen MR) is 68.3 cm³/mol. The molecule has 1 aliphatic rings. The fourth-order valence-electron chi connectivity index (χ4n) is 2.08. The summed E-state index contributed by atoms with van der Waals surface area (Å²) in [4.78, 5) is 2.29. The highest BCUT2D eigenvalue weighted by Gasteiger charge is 2.27. The Balaban J connectivity index is 2.03. The van der Waals surface area contributed by atoms with Gasteiger partial charge >= 0.3 is 0 Å². The van der Waals surface area contributed by atoms with Crippen molar-refractivity contribution in [2.45, 2.75) is 19.1 Å². The van der Waals surface area contributed by atoms with E-state index in [4.69, 9.17) is 16.3 Å². The minimum atomic E-state index is -0.582. The number of hydrogen-bond acceptors (Lipinski definition) is 3. The van der Waals surface area contributed by atoms with Crippen LogP contribution in [0.2, 0.25) is 5.02 Å². The monoisotopic (exact) mass is 255 g/mol. The summed E-state index contributed by atoms with van der Waals surface area (Å²) in [6, 6.07) is 7.28. The summed E-state index contributed by atoms with van der Waals surface area (Å²) < 4.78 is 5.63. The van der Waals surface area contributed by atoms with Crippen molar-refractivity contribution in [2.75, 3.05) is 26.2 Å². The predicted octanol–water partition coefficient (Wildman–Crippen LogP) is 2.09. The first-order valence-corrected chi connectivity index (χ1v) is 6.36. The molecule has 1 fully saturated rings. The molecule has 1 aromatic rings. The lowest BCUT2D eigenvalue weighted by molar-refractivity contribution is -0.0888. The molecule has 0 aromatic heterocycles. The lowest BCUT2D eigenvalue weighted by atomic mass is 10.0. The van der Waals surface area contributed by atoms with Crippen LogP contribution in [0.25, 0.3) is 0 Å². The van der Waals surface area contributed by atoms with Crippen LogP contribution >= 0.6 is 11.6 Å². The maximum Gasteiger partial charge on any atom is 0.106 e. The number of rotatable bonds is 3. The second kappa shape index (κ2) is 5.83. The SMILES string of the molecule is CCN1CCOC(C(O)c2ccc(Cl)cc2)C1. The topological polar surface area (TPSA) is 32.7 Å². The zero-order valence-corrected chi connectivity index (χ0v) is 10.7. The molecule has 0 radical (unpaired) electrons. The van der Waals surface area contributed by atoms with E-state index in [1.165, 1.54) is 0 Å². The number of halogens is 1. The van der Waals surface area contributed by atoms with Gasteiger partial charge in [0, 0.05) is 18.1 Å². The molecule has 1 aromatic carbocycles. The summed E-state index contributed by atoms with van der Waals surface area (Å²) in [7, 11) is 0. The third kappa shape index (κ3) is 3.19. The van der Waals surface area contributed by atoms with Crippen LogP contribution in [0.15, 0.2) is 24.3 Å². The highest BCUT2D eigenvalue weighted by Crippen LogP contribution is 2.23. The van der Waals surface area contributed by atoms with Crippen LogP contribution in [0, 0.1) is 0 Å². The molecule has 1 N–H and O–H groups in total. The van der Waals surface area contributed by atoms with Gasteiger partial charge in [-0.1, -0.05) is 30.7 Å². The molecule has 0 bridgehead atoms. The smallest absolute Gasteiger partial charge is 0.106 e. The third-order valence-corrected chi connectivity index (χ3v) is 3.44. The molecule has 0 saturated carbocycles. The molecular formula is C13H18ClNO2. The summed E-state index contributed by atoms with van der Waals surface area (Å²) in [6.45, 7) is 5.52. The van der Waals surface area contributed by atoms with E-state index in [0.717, 1.165) is 25.2 Å². The Morgan fingerprint density at radius 1 is 1.47 bits per heavy atom. The maximum atomic E-state index is 10.3. The first kappa shape index (κ1) is 12.8. The summed E-state index contributed by atoms with van der Waals surface area (Å²) >= 11 is 5.83. The van der Waals surface area contributed by atoms with Gasteiger partial charge in [0.05, 0.1) is 6.61 Å². The van der Waals surface area contributed by atoms with E-state index in [1.807, 2.05) is 12.1 Å². The summed E-state index contributed by atoms with van der Waals surface area (Å²) in [5.41, 5.74) is 0.859. The molecule has 0 aliphatic carbocycles. The number of hydrogen-bond donors (Lipinski definition) is 1. The Morgan fingerprint density at radius 2 is 2.18 bits per heavy atom. The minimum Gasteiger partial charge on any atom is -0.386 e. The van der Waals surface area contributed by atoms with Crippen molar-refractivity contribution in [3.63, 3.8) is 0 Å². The normalized spacial score (nSPS) is 23.6. The van der Waals surface area contributed by atoms with Gasteiger partial charge in [-0.2, -0.15) is 0 Å². The quantitative estimate of drug-likeness (QED) is 0.898. The summed E-state index contributed by atoms with van der Waals surface area (Å²) in [6.07, 6.45) is -0.730. The average molecular weight is 256 g/mol. The van der Waals surface area contributed by atoms with Gasteiger partial charge in [-0.05, 0) is 24.2 Å². The third-order valence-electron chi connectivity index (χ3n) is 3.19. The Hall–Kier alpha value is -0.610. The van der Waals surface area contributed by atoms with Crippen LogP contribution in [0.4, 0.5) is 0 Å². The number of benzene rings is 1. The summed E-state index contributed by atoms with van der Waals surface area (Å²) in [5.74, 6) is 0. The zero-order valence-electron chi connectivity index (χ0n) is 9.97.